The van der Waals surface area contributed by atoms with Crippen molar-refractivity contribution in [2.45, 2.75) is 19.3 Å². The molecule has 2 aliphatic rings. The number of allylic oxidation sites excluding steroid dienone is 3. The van der Waals surface area contributed by atoms with E-state index in [0.717, 1.165) is 24.3 Å². The van der Waals surface area contributed by atoms with Crippen LogP contribution in [-0.4, -0.2) is 42.2 Å². The van der Waals surface area contributed by atoms with E-state index >= 15 is 0 Å². The van der Waals surface area contributed by atoms with Crippen molar-refractivity contribution < 1.29 is 9.18 Å². The number of nitrogens with one attached hydrogen (secondary N) is 5. The lowest BCUT2D eigenvalue weighted by Gasteiger charge is -2.17. The molecule has 1 aliphatic heterocycles. The number of fused-ring (bicyclic) bond motifs is 1. The van der Waals surface area contributed by atoms with Crippen LogP contribution in [0.2, 0.25) is 0 Å². The van der Waals surface area contributed by atoms with E-state index in [4.69, 9.17) is 12.2 Å². The first-order valence-electron chi connectivity index (χ1n) is 9.09. The smallest absolute Gasteiger partial charge is 0.247 e. The van der Waals surface area contributed by atoms with E-state index in [-0.39, 0.29) is 11.7 Å². The van der Waals surface area contributed by atoms with Crippen molar-refractivity contribution in [2.75, 3.05) is 31.5 Å². The molecule has 0 unspecified atom stereocenters. The Kier molecular flexibility index (Phi) is 6.64. The molecule has 1 aromatic heterocycles. The third-order valence-electron chi connectivity index (χ3n) is 4.47. The summed E-state index contributed by atoms with van der Waals surface area (Å²) < 4.78 is 12.9. The van der Waals surface area contributed by atoms with E-state index < -0.39 is 0 Å². The van der Waals surface area contributed by atoms with Crippen molar-refractivity contribution in [3.8, 4) is 0 Å². The van der Waals surface area contributed by atoms with Gasteiger partial charge in [0.15, 0.2) is 5.11 Å². The first-order chi connectivity index (χ1) is 13.1. The third kappa shape index (κ3) is 5.43. The molecule has 3 rings (SSSR count). The Morgan fingerprint density at radius 3 is 2.85 bits per heavy atom. The normalized spacial score (nSPS) is 15.5. The molecule has 5 N–H and O–H groups in total. The van der Waals surface area contributed by atoms with Crippen molar-refractivity contribution in [3.63, 3.8) is 0 Å². The van der Waals surface area contributed by atoms with Crippen LogP contribution in [0.1, 0.15) is 24.8 Å². The summed E-state index contributed by atoms with van der Waals surface area (Å²) in [5.74, 6) is 0.736. The monoisotopic (exact) mass is 389 g/mol. The van der Waals surface area contributed by atoms with Crippen molar-refractivity contribution in [2.24, 2.45) is 0 Å². The summed E-state index contributed by atoms with van der Waals surface area (Å²) in [4.78, 5) is 15.1. The molecule has 0 bridgehead atoms. The zero-order valence-corrected chi connectivity index (χ0v) is 15.8. The third-order valence-corrected chi connectivity index (χ3v) is 4.76. The minimum Gasteiger partial charge on any atom is -0.368 e. The average molecular weight is 390 g/mol. The zero-order valence-electron chi connectivity index (χ0n) is 15.0. The highest BCUT2D eigenvalue weighted by Gasteiger charge is 2.14. The SMILES string of the molecule is O=C(NCCCNC(=S)NCC1=CCNc2[nH]ccc21)C1=CC=C(F)CC1. The van der Waals surface area contributed by atoms with E-state index in [1.165, 1.54) is 11.6 Å². The van der Waals surface area contributed by atoms with Gasteiger partial charge >= 0.3 is 0 Å². The van der Waals surface area contributed by atoms with E-state index in [2.05, 4.69) is 32.3 Å². The maximum absolute atomic E-state index is 12.9. The quantitative estimate of drug-likeness (QED) is 0.365. The minimum atomic E-state index is -0.176. The van der Waals surface area contributed by atoms with Gasteiger partial charge in [0, 0.05) is 49.9 Å². The molecule has 8 heteroatoms. The Bertz CT molecular complexity index is 796. The predicted octanol–water partition coefficient (Wildman–Crippen LogP) is 2.37. The number of anilines is 1. The minimum absolute atomic E-state index is 0.125. The highest BCUT2D eigenvalue weighted by atomic mass is 32.1. The molecule has 0 fully saturated rings. The predicted molar refractivity (Wildman–Crippen MR) is 110 cm³/mol. The second-order valence-electron chi connectivity index (χ2n) is 6.40. The van der Waals surface area contributed by atoms with Gasteiger partial charge in [-0.3, -0.25) is 4.79 Å². The van der Waals surface area contributed by atoms with Gasteiger partial charge in [0.1, 0.15) is 11.6 Å². The molecule has 144 valence electrons. The lowest BCUT2D eigenvalue weighted by atomic mass is 10.0. The highest BCUT2D eigenvalue weighted by Crippen LogP contribution is 2.25. The van der Waals surface area contributed by atoms with Crippen LogP contribution < -0.4 is 21.3 Å². The van der Waals surface area contributed by atoms with Gasteiger partial charge in [-0.1, -0.05) is 12.2 Å². The van der Waals surface area contributed by atoms with Crippen LogP contribution in [0.25, 0.3) is 5.57 Å². The Morgan fingerprint density at radius 2 is 2.04 bits per heavy atom. The Morgan fingerprint density at radius 1 is 1.19 bits per heavy atom. The number of aromatic nitrogens is 1. The molecular formula is C19H24FN5OS. The molecule has 0 saturated heterocycles. The van der Waals surface area contributed by atoms with Gasteiger partial charge < -0.3 is 26.3 Å². The van der Waals surface area contributed by atoms with Crippen LogP contribution in [0.15, 0.2) is 41.9 Å². The Labute approximate surface area is 163 Å². The van der Waals surface area contributed by atoms with Gasteiger partial charge in [0.2, 0.25) is 5.91 Å². The number of amides is 1. The lowest BCUT2D eigenvalue weighted by molar-refractivity contribution is -0.117. The van der Waals surface area contributed by atoms with Gasteiger partial charge in [-0.25, -0.2) is 4.39 Å². The Hall–Kier alpha value is -2.61. The fourth-order valence-corrected chi connectivity index (χ4v) is 3.16. The number of carbonyl (C=O) groups excluding carboxylic acids is 1. The summed E-state index contributed by atoms with van der Waals surface area (Å²) in [7, 11) is 0. The molecule has 1 aliphatic carbocycles. The first kappa shape index (κ1) is 19.2. The molecular weight excluding hydrogens is 365 g/mol. The number of halogens is 1. The molecule has 0 atom stereocenters. The maximum Gasteiger partial charge on any atom is 0.247 e. The van der Waals surface area contributed by atoms with Gasteiger partial charge in [-0.05, 0) is 42.8 Å². The fourth-order valence-electron chi connectivity index (χ4n) is 2.98. The zero-order chi connectivity index (χ0) is 19.1. The van der Waals surface area contributed by atoms with E-state index in [1.54, 1.807) is 6.08 Å². The molecule has 27 heavy (non-hydrogen) atoms. The molecule has 6 nitrogen and oxygen atoms in total. The van der Waals surface area contributed by atoms with E-state index in [0.29, 0.717) is 43.2 Å². The molecule has 2 heterocycles. The Balaban J connectivity index is 1.29. The van der Waals surface area contributed by atoms with Gasteiger partial charge in [0.25, 0.3) is 0 Å². The van der Waals surface area contributed by atoms with Crippen LogP contribution in [0.3, 0.4) is 0 Å². The van der Waals surface area contributed by atoms with Gasteiger partial charge in [-0.15, -0.1) is 0 Å². The van der Waals surface area contributed by atoms with E-state index in [9.17, 15) is 9.18 Å². The molecule has 0 saturated carbocycles. The number of H-pyrrole nitrogens is 1. The number of hydrogen-bond acceptors (Lipinski definition) is 3. The number of carbonyl (C=O) groups is 1. The largest absolute Gasteiger partial charge is 0.368 e. The standard InChI is InChI=1S/C19H24FN5OS/c20-15-4-2-13(3-5-15)18(26)23-8-1-9-24-19(27)25-12-14-6-10-21-17-16(14)7-11-22-17/h2,4,6-7,11,21-22H,1,3,5,8-10,12H2,(H,23,26)(H2,24,25,27). The van der Waals surface area contributed by atoms with Gasteiger partial charge in [0.05, 0.1) is 0 Å². The van der Waals surface area contributed by atoms with Crippen molar-refractivity contribution in [1.29, 1.82) is 0 Å². The topological polar surface area (TPSA) is 81.0 Å². The van der Waals surface area contributed by atoms with Crippen LogP contribution in [0.4, 0.5) is 10.2 Å². The number of hydrogen-bond donors (Lipinski definition) is 5. The lowest BCUT2D eigenvalue weighted by Crippen LogP contribution is -2.38. The number of thiocarbonyl (C=S) groups is 1. The van der Waals surface area contributed by atoms with Crippen LogP contribution >= 0.6 is 12.2 Å². The summed E-state index contributed by atoms with van der Waals surface area (Å²) >= 11 is 5.30. The van der Waals surface area contributed by atoms with Crippen LogP contribution in [-0.2, 0) is 4.79 Å². The van der Waals surface area contributed by atoms with Crippen molar-refractivity contribution in [3.05, 3.63) is 47.5 Å². The second kappa shape index (κ2) is 9.36. The summed E-state index contributed by atoms with van der Waals surface area (Å²) in [6, 6.07) is 2.04. The molecule has 1 amide bonds. The summed E-state index contributed by atoms with van der Waals surface area (Å²) in [5, 5.41) is 13.1. The summed E-state index contributed by atoms with van der Waals surface area (Å²) in [6.45, 7) is 2.66. The number of aromatic amines is 1. The maximum atomic E-state index is 12.9. The second-order valence-corrected chi connectivity index (χ2v) is 6.81. The summed E-state index contributed by atoms with van der Waals surface area (Å²) in [6.07, 6.45) is 8.47. The first-order valence-corrected chi connectivity index (χ1v) is 9.50. The molecule has 0 radical (unpaired) electrons. The van der Waals surface area contributed by atoms with Crippen molar-refractivity contribution in [1.82, 2.24) is 20.9 Å². The highest BCUT2D eigenvalue weighted by molar-refractivity contribution is 7.80. The van der Waals surface area contributed by atoms with Crippen LogP contribution in [0.5, 0.6) is 0 Å². The van der Waals surface area contributed by atoms with Crippen LogP contribution in [0, 0.1) is 0 Å². The van der Waals surface area contributed by atoms with Crippen molar-refractivity contribution >= 4 is 34.6 Å². The fraction of sp³-hybridized carbons (Fsp3) is 0.368. The average Bonchev–Trinajstić information content (AvgIpc) is 3.16. The van der Waals surface area contributed by atoms with Gasteiger partial charge in [-0.2, -0.15) is 0 Å². The number of rotatable bonds is 7. The molecule has 0 spiro atoms. The summed E-state index contributed by atoms with van der Waals surface area (Å²) in [5.41, 5.74) is 2.99. The van der Waals surface area contributed by atoms with E-state index in [1.807, 2.05) is 12.3 Å². The molecule has 1 aromatic rings. The molecule has 0 aromatic carbocycles.